The van der Waals surface area contributed by atoms with Crippen LogP contribution >= 0.6 is 11.6 Å². The number of hydrogen-bond acceptors (Lipinski definition) is 7. The predicted octanol–water partition coefficient (Wildman–Crippen LogP) is 6.43. The van der Waals surface area contributed by atoms with Gasteiger partial charge in [0.2, 0.25) is 0 Å². The summed E-state index contributed by atoms with van der Waals surface area (Å²) < 4.78 is 17.5. The van der Waals surface area contributed by atoms with Gasteiger partial charge in [-0.3, -0.25) is 4.79 Å². The summed E-state index contributed by atoms with van der Waals surface area (Å²) in [5.41, 5.74) is 1.35. The molecule has 9 nitrogen and oxygen atoms in total. The Morgan fingerprint density at radius 2 is 1.61 bits per heavy atom. The highest BCUT2D eigenvalue weighted by Crippen LogP contribution is 2.58. The van der Waals surface area contributed by atoms with Crippen molar-refractivity contribution in [3.63, 3.8) is 0 Å². The molecular formula is C36H42ClN3O6. The molecule has 0 unspecified atom stereocenters. The van der Waals surface area contributed by atoms with Crippen molar-refractivity contribution in [1.82, 2.24) is 15.2 Å². The lowest BCUT2D eigenvalue weighted by Gasteiger charge is -2.59. The van der Waals surface area contributed by atoms with Crippen LogP contribution < -0.4 is 19.5 Å². The summed E-state index contributed by atoms with van der Waals surface area (Å²) in [5.74, 6) is 1.16. The minimum Gasteiger partial charge on any atom is -0.496 e. The predicted molar refractivity (Wildman–Crippen MR) is 177 cm³/mol. The number of benzene rings is 2. The maximum absolute atomic E-state index is 14.0. The van der Waals surface area contributed by atoms with Crippen molar-refractivity contribution in [3.05, 3.63) is 59.2 Å². The Balaban J connectivity index is 1.41. The number of carbonyl (C=O) groups excluding carboxylic acids is 1. The van der Waals surface area contributed by atoms with Crippen LogP contribution in [0.4, 0.5) is 0 Å². The number of rotatable bonds is 12. The first-order chi connectivity index (χ1) is 22.1. The standard InChI is InChI=1S/C36H42ClN3O6/c1-40(2)13-6-14-46-31-20-23(9-11-27(31)37)33-26(32-29(44-3)7-5-8-30(32)45-4)10-12-28(38-33)34(41)39-36(35(42)43)24-16-21-15-22(18-24)19-25(36)17-21/h5,7-12,20-22,24-25H,6,13-19H2,1-4H3,(H,39,41)(H,42,43). The largest absolute Gasteiger partial charge is 0.496 e. The van der Waals surface area contributed by atoms with Gasteiger partial charge in [0, 0.05) is 17.7 Å². The average Bonchev–Trinajstić information content (AvgIpc) is 3.04. The molecule has 2 N–H and O–H groups in total. The zero-order valence-electron chi connectivity index (χ0n) is 26.8. The number of halogens is 1. The van der Waals surface area contributed by atoms with E-state index in [1.165, 1.54) is 6.42 Å². The highest BCUT2D eigenvalue weighted by molar-refractivity contribution is 6.32. The number of carboxylic acid groups (broad SMARTS) is 1. The highest BCUT2D eigenvalue weighted by Gasteiger charge is 2.62. The average molecular weight is 648 g/mol. The van der Waals surface area contributed by atoms with Crippen molar-refractivity contribution < 1.29 is 28.9 Å². The number of carbonyl (C=O) groups is 2. The Hall–Kier alpha value is -3.82. The lowest BCUT2D eigenvalue weighted by Crippen LogP contribution is -2.70. The second-order valence-corrected chi connectivity index (χ2v) is 13.6. The second-order valence-electron chi connectivity index (χ2n) is 13.2. The number of ether oxygens (including phenoxy) is 3. The molecule has 0 spiro atoms. The van der Waals surface area contributed by atoms with E-state index in [0.717, 1.165) is 38.6 Å². The van der Waals surface area contributed by atoms with Crippen molar-refractivity contribution >= 4 is 23.5 Å². The molecule has 0 aliphatic heterocycles. The quantitative estimate of drug-likeness (QED) is 0.217. The first-order valence-electron chi connectivity index (χ1n) is 16.0. The molecule has 4 saturated carbocycles. The van der Waals surface area contributed by atoms with E-state index in [1.807, 2.05) is 50.5 Å². The number of amides is 1. The van der Waals surface area contributed by atoms with E-state index < -0.39 is 17.4 Å². The van der Waals surface area contributed by atoms with Gasteiger partial charge in [-0.2, -0.15) is 0 Å². The van der Waals surface area contributed by atoms with E-state index in [-0.39, 0.29) is 17.5 Å². The number of pyridine rings is 1. The van der Waals surface area contributed by atoms with Crippen molar-refractivity contribution in [2.24, 2.45) is 23.7 Å². The molecule has 10 heteroatoms. The molecular weight excluding hydrogens is 606 g/mol. The Bertz CT molecular complexity index is 1570. The van der Waals surface area contributed by atoms with Crippen LogP contribution in [0.5, 0.6) is 17.2 Å². The number of aliphatic carboxylic acids is 1. The SMILES string of the molecule is COc1cccc(OC)c1-c1ccc(C(=O)NC2(C(=O)O)C3CC4CC(C3)CC2C4)nc1-c1ccc(Cl)c(OCCCN(C)C)c1. The van der Waals surface area contributed by atoms with Crippen LogP contribution in [0.3, 0.4) is 0 Å². The van der Waals surface area contributed by atoms with Gasteiger partial charge in [0.15, 0.2) is 0 Å². The lowest BCUT2D eigenvalue weighted by molar-refractivity contribution is -0.163. The highest BCUT2D eigenvalue weighted by atomic mass is 35.5. The fraction of sp³-hybridized carbons (Fsp3) is 0.472. The molecule has 3 aromatic rings. The number of hydrogen-bond donors (Lipinski definition) is 2. The van der Waals surface area contributed by atoms with Gasteiger partial charge in [0.1, 0.15) is 28.5 Å². The molecule has 1 aromatic heterocycles. The summed E-state index contributed by atoms with van der Waals surface area (Å²) in [6, 6.07) is 14.4. The second kappa shape index (κ2) is 13.1. The monoisotopic (exact) mass is 647 g/mol. The Morgan fingerprint density at radius 3 is 2.20 bits per heavy atom. The molecule has 1 amide bonds. The van der Waals surface area contributed by atoms with Crippen molar-refractivity contribution in [3.8, 4) is 39.6 Å². The maximum Gasteiger partial charge on any atom is 0.330 e. The van der Waals surface area contributed by atoms with E-state index >= 15 is 0 Å². The van der Waals surface area contributed by atoms with Gasteiger partial charge < -0.3 is 29.5 Å². The molecule has 7 rings (SSSR count). The molecule has 46 heavy (non-hydrogen) atoms. The normalized spacial score (nSPS) is 24.6. The summed E-state index contributed by atoms with van der Waals surface area (Å²) in [5, 5.41) is 14.1. The van der Waals surface area contributed by atoms with Crippen molar-refractivity contribution in [1.29, 1.82) is 0 Å². The topological polar surface area (TPSA) is 110 Å². The third-order valence-corrected chi connectivity index (χ3v) is 10.4. The van der Waals surface area contributed by atoms with Gasteiger partial charge in [-0.25, -0.2) is 9.78 Å². The van der Waals surface area contributed by atoms with Crippen LogP contribution in [0.1, 0.15) is 49.0 Å². The van der Waals surface area contributed by atoms with Crippen LogP contribution in [-0.4, -0.2) is 73.9 Å². The molecule has 0 radical (unpaired) electrons. The number of nitrogens with zero attached hydrogens (tertiary/aromatic N) is 2. The van der Waals surface area contributed by atoms with Crippen LogP contribution in [0.25, 0.3) is 22.4 Å². The van der Waals surface area contributed by atoms with Crippen LogP contribution in [0.15, 0.2) is 48.5 Å². The minimum atomic E-state index is -1.29. The van der Waals surface area contributed by atoms with Gasteiger partial charge in [-0.1, -0.05) is 23.7 Å². The number of carboxylic acids is 1. The van der Waals surface area contributed by atoms with Crippen molar-refractivity contribution in [2.45, 2.75) is 44.1 Å². The summed E-state index contributed by atoms with van der Waals surface area (Å²) in [4.78, 5) is 34.0. The Labute approximate surface area is 275 Å². The third kappa shape index (κ3) is 5.91. The van der Waals surface area contributed by atoms with Crippen LogP contribution in [0.2, 0.25) is 5.02 Å². The van der Waals surface area contributed by atoms with E-state index in [2.05, 4.69) is 10.2 Å². The molecule has 4 aliphatic carbocycles. The van der Waals surface area contributed by atoms with E-state index in [4.69, 9.17) is 30.8 Å². The molecule has 2 aromatic carbocycles. The lowest BCUT2D eigenvalue weighted by atomic mass is 9.48. The summed E-state index contributed by atoms with van der Waals surface area (Å²) in [6.45, 7) is 1.35. The minimum absolute atomic E-state index is 0.0785. The fourth-order valence-electron chi connectivity index (χ4n) is 8.23. The van der Waals surface area contributed by atoms with E-state index in [1.54, 1.807) is 26.4 Å². The molecule has 0 atom stereocenters. The van der Waals surface area contributed by atoms with Gasteiger partial charge in [-0.05, 0) is 113 Å². The molecule has 4 bridgehead atoms. The van der Waals surface area contributed by atoms with Gasteiger partial charge in [-0.15, -0.1) is 0 Å². The van der Waals surface area contributed by atoms with Gasteiger partial charge in [0.25, 0.3) is 5.91 Å². The van der Waals surface area contributed by atoms with Crippen LogP contribution in [0, 0.1) is 23.7 Å². The fourth-order valence-corrected chi connectivity index (χ4v) is 8.41. The number of nitrogens with one attached hydrogen (secondary N) is 1. The Kier molecular flexibility index (Phi) is 9.17. The zero-order valence-corrected chi connectivity index (χ0v) is 27.6. The Morgan fingerprint density at radius 1 is 0.957 bits per heavy atom. The molecule has 1 heterocycles. The number of aromatic nitrogens is 1. The van der Waals surface area contributed by atoms with E-state index in [0.29, 0.717) is 63.1 Å². The molecule has 244 valence electrons. The molecule has 0 saturated heterocycles. The zero-order chi connectivity index (χ0) is 32.6. The first-order valence-corrected chi connectivity index (χ1v) is 16.4. The maximum atomic E-state index is 14.0. The molecule has 4 aliphatic rings. The third-order valence-electron chi connectivity index (χ3n) is 10.1. The summed E-state index contributed by atoms with van der Waals surface area (Å²) >= 11 is 6.56. The number of methoxy groups -OCH3 is 2. The summed E-state index contributed by atoms with van der Waals surface area (Å²) in [6.07, 6.45) is 5.36. The first kappa shape index (κ1) is 32.1. The molecule has 4 fully saturated rings. The van der Waals surface area contributed by atoms with Gasteiger partial charge >= 0.3 is 5.97 Å². The van der Waals surface area contributed by atoms with Crippen molar-refractivity contribution in [2.75, 3.05) is 41.5 Å². The summed E-state index contributed by atoms with van der Waals surface area (Å²) in [7, 11) is 7.20. The van der Waals surface area contributed by atoms with Crippen LogP contribution in [-0.2, 0) is 4.79 Å². The smallest absolute Gasteiger partial charge is 0.330 e. The van der Waals surface area contributed by atoms with E-state index in [9.17, 15) is 14.7 Å². The van der Waals surface area contributed by atoms with Gasteiger partial charge in [0.05, 0.1) is 37.1 Å².